The average Bonchev–Trinajstić information content (AvgIpc) is 2.63. The van der Waals surface area contributed by atoms with Gasteiger partial charge in [0.05, 0.1) is 0 Å². The molecule has 1 unspecified atom stereocenters. The van der Waals surface area contributed by atoms with E-state index in [-0.39, 0.29) is 0 Å². The molecular weight excluding hydrogens is 202 g/mol. The zero-order valence-electron chi connectivity index (χ0n) is 7.69. The zero-order valence-corrected chi connectivity index (χ0v) is 9.32. The van der Waals surface area contributed by atoms with Crippen LogP contribution in [0.15, 0.2) is 5.11 Å². The molecule has 0 N–H and O–H groups in total. The summed E-state index contributed by atoms with van der Waals surface area (Å²) in [6, 6.07) is 0. The van der Waals surface area contributed by atoms with Crippen LogP contribution < -0.4 is 0 Å². The van der Waals surface area contributed by atoms with Gasteiger partial charge in [0.1, 0.15) is 0 Å². The zero-order chi connectivity index (χ0) is 9.36. The fourth-order valence-corrected chi connectivity index (χ4v) is 4.37. The molecule has 0 amide bonds. The first-order valence-corrected chi connectivity index (χ1v) is 7.11. The van der Waals surface area contributed by atoms with Gasteiger partial charge in [0.2, 0.25) is 0 Å². The molecular formula is C8H15N3S2. The third-order valence-corrected chi connectivity index (χ3v) is 5.08. The molecule has 1 saturated heterocycles. The van der Waals surface area contributed by atoms with E-state index in [2.05, 4.69) is 10.0 Å². The van der Waals surface area contributed by atoms with Gasteiger partial charge in [0, 0.05) is 22.5 Å². The molecule has 0 aromatic rings. The van der Waals surface area contributed by atoms with E-state index in [1.807, 2.05) is 21.6 Å². The van der Waals surface area contributed by atoms with Gasteiger partial charge >= 0.3 is 0 Å². The Bertz CT molecular complexity index is 174. The molecule has 0 aliphatic carbocycles. The van der Waals surface area contributed by atoms with Crippen molar-refractivity contribution in [1.82, 2.24) is 0 Å². The summed E-state index contributed by atoms with van der Waals surface area (Å²) >= 11 is 0. The highest BCUT2D eigenvalue weighted by Gasteiger charge is 2.15. The average molecular weight is 217 g/mol. The van der Waals surface area contributed by atoms with Crippen LogP contribution >= 0.6 is 21.6 Å². The summed E-state index contributed by atoms with van der Waals surface area (Å²) in [6.45, 7) is 0.670. The molecule has 1 atom stereocenters. The van der Waals surface area contributed by atoms with Crippen molar-refractivity contribution < 1.29 is 0 Å². The Balaban J connectivity index is 1.85. The van der Waals surface area contributed by atoms with Crippen LogP contribution in [-0.2, 0) is 0 Å². The Hall–Kier alpha value is 0.0100. The highest BCUT2D eigenvalue weighted by Crippen LogP contribution is 2.39. The predicted molar refractivity (Wildman–Crippen MR) is 60.9 cm³/mol. The lowest BCUT2D eigenvalue weighted by Crippen LogP contribution is -1.96. The monoisotopic (exact) mass is 217 g/mol. The van der Waals surface area contributed by atoms with Gasteiger partial charge in [-0.3, -0.25) is 0 Å². The fraction of sp³-hybridized carbons (Fsp3) is 1.00. The minimum absolute atomic E-state index is 0.670. The van der Waals surface area contributed by atoms with Crippen molar-refractivity contribution in [2.75, 3.05) is 12.3 Å². The highest BCUT2D eigenvalue weighted by molar-refractivity contribution is 8.77. The van der Waals surface area contributed by atoms with E-state index >= 15 is 0 Å². The largest absolute Gasteiger partial charge is 0.0940 e. The maximum atomic E-state index is 8.05. The maximum Gasteiger partial charge on any atom is 0.0257 e. The molecule has 1 heterocycles. The van der Waals surface area contributed by atoms with Crippen LogP contribution in [0, 0.1) is 0 Å². The van der Waals surface area contributed by atoms with Crippen LogP contribution in [0.1, 0.15) is 32.1 Å². The molecule has 0 bridgehead atoms. The quantitative estimate of drug-likeness (QED) is 0.222. The molecule has 1 fully saturated rings. The smallest absolute Gasteiger partial charge is 0.0257 e. The maximum absolute atomic E-state index is 8.05. The second kappa shape index (κ2) is 7.42. The van der Waals surface area contributed by atoms with Crippen LogP contribution in [0.4, 0.5) is 0 Å². The lowest BCUT2D eigenvalue weighted by molar-refractivity contribution is 0.626. The molecule has 13 heavy (non-hydrogen) atoms. The van der Waals surface area contributed by atoms with E-state index < -0.39 is 0 Å². The summed E-state index contributed by atoms with van der Waals surface area (Å²) < 4.78 is 0. The number of rotatable bonds is 6. The Labute approximate surface area is 87.1 Å². The lowest BCUT2D eigenvalue weighted by atomic mass is 10.1. The second-order valence-corrected chi connectivity index (χ2v) is 5.92. The summed E-state index contributed by atoms with van der Waals surface area (Å²) in [4.78, 5) is 2.73. The number of hydrogen-bond donors (Lipinski definition) is 0. The van der Waals surface area contributed by atoms with Crippen molar-refractivity contribution >= 4 is 21.6 Å². The molecule has 5 heteroatoms. The molecule has 0 aromatic heterocycles. The first kappa shape index (κ1) is 11.1. The third-order valence-electron chi connectivity index (χ3n) is 2.07. The van der Waals surface area contributed by atoms with Gasteiger partial charge in [-0.2, -0.15) is 0 Å². The third kappa shape index (κ3) is 5.34. The molecule has 1 aliphatic rings. The molecule has 0 saturated carbocycles. The van der Waals surface area contributed by atoms with E-state index in [0.717, 1.165) is 11.7 Å². The summed E-state index contributed by atoms with van der Waals surface area (Å²) in [7, 11) is 4.05. The van der Waals surface area contributed by atoms with Crippen LogP contribution in [-0.4, -0.2) is 17.5 Å². The molecule has 3 nitrogen and oxygen atoms in total. The Morgan fingerprint density at radius 1 is 1.38 bits per heavy atom. The Morgan fingerprint density at radius 2 is 2.31 bits per heavy atom. The van der Waals surface area contributed by atoms with Gasteiger partial charge in [-0.15, -0.1) is 0 Å². The molecule has 1 rings (SSSR count). The van der Waals surface area contributed by atoms with E-state index in [4.69, 9.17) is 5.53 Å². The minimum Gasteiger partial charge on any atom is -0.0940 e. The van der Waals surface area contributed by atoms with Gasteiger partial charge < -0.3 is 0 Å². The molecule has 1 aliphatic heterocycles. The summed E-state index contributed by atoms with van der Waals surface area (Å²) in [6.07, 6.45) is 6.27. The van der Waals surface area contributed by atoms with E-state index in [0.29, 0.717) is 6.54 Å². The van der Waals surface area contributed by atoms with Gasteiger partial charge in [0.15, 0.2) is 0 Å². The first-order chi connectivity index (χ1) is 6.43. The molecule has 0 radical (unpaired) electrons. The summed E-state index contributed by atoms with van der Waals surface area (Å²) in [5.41, 5.74) is 8.05. The normalized spacial score (nSPS) is 21.4. The number of unbranched alkanes of at least 4 members (excludes halogenated alkanes) is 2. The minimum atomic E-state index is 0.670. The van der Waals surface area contributed by atoms with Gasteiger partial charge in [0.25, 0.3) is 0 Å². The van der Waals surface area contributed by atoms with Crippen LogP contribution in [0.3, 0.4) is 0 Å². The Kier molecular flexibility index (Phi) is 6.33. The summed E-state index contributed by atoms with van der Waals surface area (Å²) in [5.74, 6) is 1.33. The predicted octanol–water partition coefficient (Wildman–Crippen LogP) is 4.01. The SMILES string of the molecule is [N-]=[N+]=NCCCCCC1CCSS1. The van der Waals surface area contributed by atoms with Crippen LogP contribution in [0.2, 0.25) is 0 Å². The van der Waals surface area contributed by atoms with E-state index in [1.165, 1.54) is 31.4 Å². The van der Waals surface area contributed by atoms with Gasteiger partial charge in [-0.05, 0) is 24.8 Å². The van der Waals surface area contributed by atoms with Crippen LogP contribution in [0.5, 0.6) is 0 Å². The fourth-order valence-electron chi connectivity index (χ4n) is 1.34. The van der Waals surface area contributed by atoms with Crippen molar-refractivity contribution in [3.8, 4) is 0 Å². The van der Waals surface area contributed by atoms with Crippen molar-refractivity contribution in [2.45, 2.75) is 37.4 Å². The van der Waals surface area contributed by atoms with Gasteiger partial charge in [-0.25, -0.2) is 0 Å². The van der Waals surface area contributed by atoms with Crippen molar-refractivity contribution in [1.29, 1.82) is 0 Å². The first-order valence-electron chi connectivity index (χ1n) is 4.72. The number of hydrogen-bond acceptors (Lipinski definition) is 3. The number of nitrogens with zero attached hydrogens (tertiary/aromatic N) is 3. The topological polar surface area (TPSA) is 48.8 Å². The highest BCUT2D eigenvalue weighted by atomic mass is 33.1. The molecule has 0 spiro atoms. The van der Waals surface area contributed by atoms with E-state index in [9.17, 15) is 0 Å². The second-order valence-electron chi connectivity index (χ2n) is 3.13. The van der Waals surface area contributed by atoms with Crippen molar-refractivity contribution in [3.05, 3.63) is 10.4 Å². The van der Waals surface area contributed by atoms with Crippen LogP contribution in [0.25, 0.3) is 10.4 Å². The van der Waals surface area contributed by atoms with E-state index in [1.54, 1.807) is 0 Å². The number of azide groups is 1. The summed E-state index contributed by atoms with van der Waals surface area (Å²) in [5, 5.41) is 4.41. The lowest BCUT2D eigenvalue weighted by Gasteiger charge is -2.05. The molecule has 74 valence electrons. The molecule has 0 aromatic carbocycles. The van der Waals surface area contributed by atoms with Gasteiger partial charge in [-0.1, -0.05) is 39.5 Å². The van der Waals surface area contributed by atoms with Crippen molar-refractivity contribution in [3.63, 3.8) is 0 Å². The Morgan fingerprint density at radius 3 is 3.00 bits per heavy atom. The standard InChI is InChI=1S/C8H15N3S2/c9-11-10-6-3-1-2-4-8-5-7-12-13-8/h8H,1-7H2. The van der Waals surface area contributed by atoms with Crippen molar-refractivity contribution in [2.24, 2.45) is 5.11 Å².